The van der Waals surface area contributed by atoms with Crippen molar-refractivity contribution in [3.8, 4) is 0 Å². The van der Waals surface area contributed by atoms with Crippen LogP contribution in [0.5, 0.6) is 0 Å². The maximum absolute atomic E-state index is 11.7. The fourth-order valence-corrected chi connectivity index (χ4v) is 1.51. The van der Waals surface area contributed by atoms with Crippen molar-refractivity contribution in [1.82, 2.24) is 0 Å². The lowest BCUT2D eigenvalue weighted by Gasteiger charge is -2.22. The maximum atomic E-state index is 11.7. The molecule has 1 rings (SSSR count). The van der Waals surface area contributed by atoms with Gasteiger partial charge in [0.1, 0.15) is 5.60 Å². The Labute approximate surface area is 90.9 Å². The Kier molecular flexibility index (Phi) is 3.64. The third-order valence-electron chi connectivity index (χ3n) is 2.63. The Bertz CT molecular complexity index is 336. The summed E-state index contributed by atoms with van der Waals surface area (Å²) in [4.78, 5) is 11.7. The van der Waals surface area contributed by atoms with Gasteiger partial charge in [0.25, 0.3) is 0 Å². The van der Waals surface area contributed by atoms with Gasteiger partial charge in [0.2, 0.25) is 0 Å². The second kappa shape index (κ2) is 4.58. The van der Waals surface area contributed by atoms with Gasteiger partial charge >= 0.3 is 0 Å². The molecule has 0 amide bonds. The highest BCUT2D eigenvalue weighted by molar-refractivity contribution is 5.87. The third kappa shape index (κ3) is 2.66. The first kappa shape index (κ1) is 11.9. The molecule has 82 valence electrons. The van der Waals surface area contributed by atoms with Crippen LogP contribution in [0.25, 0.3) is 0 Å². The molecule has 0 radical (unpaired) electrons. The molecule has 0 fully saturated rings. The lowest BCUT2D eigenvalue weighted by molar-refractivity contribution is -0.136. The SMILES string of the molecule is CCCC(=O)C(C)(O)c1ccc(C)cc1. The third-order valence-corrected chi connectivity index (χ3v) is 2.63. The molecule has 0 saturated carbocycles. The minimum absolute atomic E-state index is 0.117. The van der Waals surface area contributed by atoms with Gasteiger partial charge in [-0.3, -0.25) is 4.79 Å². The van der Waals surface area contributed by atoms with Gasteiger partial charge in [-0.1, -0.05) is 36.8 Å². The molecule has 0 saturated heterocycles. The van der Waals surface area contributed by atoms with E-state index in [1.807, 2.05) is 38.1 Å². The standard InChI is InChI=1S/C13H18O2/c1-4-5-12(14)13(3,15)11-8-6-10(2)7-9-11/h6-9,15H,4-5H2,1-3H3. The zero-order chi connectivity index (χ0) is 11.5. The normalized spacial score (nSPS) is 14.7. The number of aliphatic hydroxyl groups is 1. The van der Waals surface area contributed by atoms with Gasteiger partial charge in [-0.15, -0.1) is 0 Å². The Balaban J connectivity index is 2.94. The van der Waals surface area contributed by atoms with E-state index in [0.29, 0.717) is 12.0 Å². The quantitative estimate of drug-likeness (QED) is 0.822. The zero-order valence-electron chi connectivity index (χ0n) is 9.58. The lowest BCUT2D eigenvalue weighted by atomic mass is 9.89. The lowest BCUT2D eigenvalue weighted by Crippen LogP contribution is -2.31. The predicted molar refractivity (Wildman–Crippen MR) is 60.7 cm³/mol. The molecule has 2 nitrogen and oxygen atoms in total. The van der Waals surface area contributed by atoms with Gasteiger partial charge in [-0.2, -0.15) is 0 Å². The monoisotopic (exact) mass is 206 g/mol. The second-order valence-electron chi connectivity index (χ2n) is 4.11. The highest BCUT2D eigenvalue weighted by atomic mass is 16.3. The fourth-order valence-electron chi connectivity index (χ4n) is 1.51. The molecule has 0 aromatic heterocycles. The molecule has 0 aliphatic heterocycles. The highest BCUT2D eigenvalue weighted by Crippen LogP contribution is 2.23. The van der Waals surface area contributed by atoms with Crippen LogP contribution in [-0.2, 0) is 10.4 Å². The molecule has 1 aromatic carbocycles. The molecule has 0 bridgehead atoms. The van der Waals surface area contributed by atoms with E-state index in [1.165, 1.54) is 0 Å². The highest BCUT2D eigenvalue weighted by Gasteiger charge is 2.30. The molecular weight excluding hydrogens is 188 g/mol. The zero-order valence-corrected chi connectivity index (χ0v) is 9.58. The number of hydrogen-bond donors (Lipinski definition) is 1. The van der Waals surface area contributed by atoms with Crippen LogP contribution in [-0.4, -0.2) is 10.9 Å². The summed E-state index contributed by atoms with van der Waals surface area (Å²) in [6.45, 7) is 5.48. The van der Waals surface area contributed by atoms with E-state index in [4.69, 9.17) is 0 Å². The summed E-state index contributed by atoms with van der Waals surface area (Å²) in [7, 11) is 0. The van der Waals surface area contributed by atoms with E-state index in [2.05, 4.69) is 0 Å². The topological polar surface area (TPSA) is 37.3 Å². The maximum Gasteiger partial charge on any atom is 0.168 e. The fraction of sp³-hybridized carbons (Fsp3) is 0.462. The molecular formula is C13H18O2. The molecule has 0 spiro atoms. The van der Waals surface area contributed by atoms with E-state index in [0.717, 1.165) is 12.0 Å². The van der Waals surface area contributed by atoms with Gasteiger partial charge in [0.15, 0.2) is 5.78 Å². The molecule has 1 N–H and O–H groups in total. The predicted octanol–water partition coefficient (Wildman–Crippen LogP) is 2.57. The first-order valence-electron chi connectivity index (χ1n) is 5.31. The molecule has 1 atom stereocenters. The van der Waals surface area contributed by atoms with Crippen LogP contribution >= 0.6 is 0 Å². The van der Waals surface area contributed by atoms with Crippen LogP contribution in [0.4, 0.5) is 0 Å². The van der Waals surface area contributed by atoms with Crippen molar-refractivity contribution >= 4 is 5.78 Å². The van der Waals surface area contributed by atoms with Crippen molar-refractivity contribution in [1.29, 1.82) is 0 Å². The average molecular weight is 206 g/mol. The summed E-state index contributed by atoms with van der Waals surface area (Å²) in [6.07, 6.45) is 1.18. The van der Waals surface area contributed by atoms with Crippen LogP contribution < -0.4 is 0 Å². The van der Waals surface area contributed by atoms with E-state index in [1.54, 1.807) is 6.92 Å². The number of ketones is 1. The van der Waals surface area contributed by atoms with E-state index in [-0.39, 0.29) is 5.78 Å². The average Bonchev–Trinajstić information content (AvgIpc) is 2.18. The van der Waals surface area contributed by atoms with Crippen molar-refractivity contribution in [2.75, 3.05) is 0 Å². The molecule has 0 heterocycles. The number of carbonyl (C=O) groups excluding carboxylic acids is 1. The van der Waals surface area contributed by atoms with Gasteiger partial charge in [0, 0.05) is 6.42 Å². The van der Waals surface area contributed by atoms with Crippen molar-refractivity contribution in [3.05, 3.63) is 35.4 Å². The summed E-state index contributed by atoms with van der Waals surface area (Å²) in [5, 5.41) is 10.1. The summed E-state index contributed by atoms with van der Waals surface area (Å²) in [5.74, 6) is -0.117. The first-order valence-corrected chi connectivity index (χ1v) is 5.31. The Morgan fingerprint density at radius 3 is 2.33 bits per heavy atom. The van der Waals surface area contributed by atoms with Gasteiger partial charge in [-0.25, -0.2) is 0 Å². The Morgan fingerprint density at radius 1 is 1.33 bits per heavy atom. The van der Waals surface area contributed by atoms with E-state index >= 15 is 0 Å². The number of aryl methyl sites for hydroxylation is 1. The smallest absolute Gasteiger partial charge is 0.168 e. The van der Waals surface area contributed by atoms with Crippen LogP contribution in [0.15, 0.2) is 24.3 Å². The Morgan fingerprint density at radius 2 is 1.87 bits per heavy atom. The van der Waals surface area contributed by atoms with E-state index < -0.39 is 5.60 Å². The molecule has 15 heavy (non-hydrogen) atoms. The first-order chi connectivity index (χ1) is 6.98. The molecule has 1 aromatic rings. The van der Waals surface area contributed by atoms with Crippen LogP contribution in [0.1, 0.15) is 37.8 Å². The van der Waals surface area contributed by atoms with Crippen LogP contribution in [0.2, 0.25) is 0 Å². The minimum atomic E-state index is -1.34. The summed E-state index contributed by atoms with van der Waals surface area (Å²) in [6, 6.07) is 7.43. The molecule has 0 aliphatic rings. The largest absolute Gasteiger partial charge is 0.378 e. The van der Waals surface area contributed by atoms with Crippen molar-refractivity contribution in [2.24, 2.45) is 0 Å². The number of rotatable bonds is 4. The van der Waals surface area contributed by atoms with Crippen molar-refractivity contribution in [3.63, 3.8) is 0 Å². The van der Waals surface area contributed by atoms with Gasteiger partial charge in [-0.05, 0) is 25.8 Å². The van der Waals surface area contributed by atoms with Crippen molar-refractivity contribution < 1.29 is 9.90 Å². The number of carbonyl (C=O) groups is 1. The van der Waals surface area contributed by atoms with E-state index in [9.17, 15) is 9.90 Å². The summed E-state index contributed by atoms with van der Waals surface area (Å²) >= 11 is 0. The Hall–Kier alpha value is -1.15. The van der Waals surface area contributed by atoms with Crippen molar-refractivity contribution in [2.45, 2.75) is 39.2 Å². The van der Waals surface area contributed by atoms with Gasteiger partial charge in [0.05, 0.1) is 0 Å². The minimum Gasteiger partial charge on any atom is -0.378 e. The molecule has 1 unspecified atom stereocenters. The van der Waals surface area contributed by atoms with Crippen LogP contribution in [0, 0.1) is 6.92 Å². The van der Waals surface area contributed by atoms with Gasteiger partial charge < -0.3 is 5.11 Å². The van der Waals surface area contributed by atoms with Crippen LogP contribution in [0.3, 0.4) is 0 Å². The number of Topliss-reactive ketones (excluding diaryl/α,β-unsaturated/α-hetero) is 1. The molecule has 0 aliphatic carbocycles. The number of hydrogen-bond acceptors (Lipinski definition) is 2. The summed E-state index contributed by atoms with van der Waals surface area (Å²) < 4.78 is 0. The summed E-state index contributed by atoms with van der Waals surface area (Å²) in [5.41, 5.74) is 0.452. The number of benzene rings is 1. The molecule has 2 heteroatoms. The second-order valence-corrected chi connectivity index (χ2v) is 4.11.